The molecule has 0 saturated carbocycles. The molecule has 120 valence electrons. The fraction of sp³-hybridized carbons (Fsp3) is 0.368. The highest BCUT2D eigenvalue weighted by Gasteiger charge is 2.23. The van der Waals surface area contributed by atoms with E-state index in [1.165, 1.54) is 5.56 Å². The number of aromatic nitrogens is 1. The molecular weight excluding hydrogens is 288 g/mol. The molecule has 0 radical (unpaired) electrons. The number of amides is 1. The monoisotopic (exact) mass is 310 g/mol. The summed E-state index contributed by atoms with van der Waals surface area (Å²) in [5.74, 6) is 0.570. The first kappa shape index (κ1) is 15.5. The van der Waals surface area contributed by atoms with E-state index in [9.17, 15) is 9.59 Å². The Labute approximate surface area is 136 Å². The largest absolute Gasteiger partial charge is 0.342 e. The van der Waals surface area contributed by atoms with Gasteiger partial charge in [0, 0.05) is 25.4 Å². The van der Waals surface area contributed by atoms with Crippen LogP contribution >= 0.6 is 0 Å². The van der Waals surface area contributed by atoms with Crippen LogP contribution in [0.4, 0.5) is 0 Å². The Kier molecular flexibility index (Phi) is 4.60. The number of nitrogens with zero attached hydrogens (tertiary/aromatic N) is 1. The van der Waals surface area contributed by atoms with Crippen LogP contribution in [0.15, 0.2) is 47.4 Å². The lowest BCUT2D eigenvalue weighted by Crippen LogP contribution is -2.38. The molecule has 4 heteroatoms. The lowest BCUT2D eigenvalue weighted by Gasteiger charge is -2.32. The van der Waals surface area contributed by atoms with E-state index in [2.05, 4.69) is 11.1 Å². The van der Waals surface area contributed by atoms with Crippen molar-refractivity contribution in [1.29, 1.82) is 0 Å². The summed E-state index contributed by atoms with van der Waals surface area (Å²) in [7, 11) is 0. The van der Waals surface area contributed by atoms with Crippen molar-refractivity contribution in [3.8, 4) is 0 Å². The van der Waals surface area contributed by atoms with Gasteiger partial charge in [0.15, 0.2) is 0 Å². The molecule has 1 N–H and O–H groups in total. The van der Waals surface area contributed by atoms with Crippen LogP contribution in [0.3, 0.4) is 0 Å². The number of piperidine rings is 1. The van der Waals surface area contributed by atoms with Crippen molar-refractivity contribution in [2.24, 2.45) is 0 Å². The summed E-state index contributed by atoms with van der Waals surface area (Å²) in [6.45, 7) is 3.57. The van der Waals surface area contributed by atoms with Crippen molar-refractivity contribution < 1.29 is 4.79 Å². The molecule has 2 heterocycles. The Hall–Kier alpha value is -2.36. The third kappa shape index (κ3) is 3.89. The fourth-order valence-corrected chi connectivity index (χ4v) is 3.29. The first-order valence-electron chi connectivity index (χ1n) is 8.14. The zero-order chi connectivity index (χ0) is 16.2. The molecule has 1 amide bonds. The van der Waals surface area contributed by atoms with Crippen molar-refractivity contribution in [3.63, 3.8) is 0 Å². The molecule has 0 spiro atoms. The molecule has 1 aromatic carbocycles. The van der Waals surface area contributed by atoms with Crippen LogP contribution in [0.2, 0.25) is 0 Å². The van der Waals surface area contributed by atoms with Gasteiger partial charge in [0.2, 0.25) is 11.5 Å². The van der Waals surface area contributed by atoms with Crippen LogP contribution in [-0.2, 0) is 11.2 Å². The standard InChI is InChI=1S/C19H22N2O2/c1-14-3-2-4-15(11-14)12-19(23)21-9-6-16(7-10-21)17-5-8-20-18(22)13-17/h2-5,8,11,13,16H,6-7,9-10,12H2,1H3,(H,20,22). The molecule has 1 aromatic heterocycles. The van der Waals surface area contributed by atoms with Gasteiger partial charge in [0.1, 0.15) is 0 Å². The maximum Gasteiger partial charge on any atom is 0.248 e. The number of hydrogen-bond acceptors (Lipinski definition) is 2. The van der Waals surface area contributed by atoms with E-state index in [0.717, 1.165) is 37.1 Å². The maximum absolute atomic E-state index is 12.4. The molecule has 4 nitrogen and oxygen atoms in total. The summed E-state index contributed by atoms with van der Waals surface area (Å²) in [6.07, 6.45) is 4.01. The number of nitrogens with one attached hydrogen (secondary N) is 1. The Bertz CT molecular complexity index is 743. The topological polar surface area (TPSA) is 53.2 Å². The number of carbonyl (C=O) groups is 1. The van der Waals surface area contributed by atoms with Gasteiger partial charge in [0.05, 0.1) is 6.42 Å². The SMILES string of the molecule is Cc1cccc(CC(=O)N2CCC(c3cc[nH]c(=O)c3)CC2)c1. The van der Waals surface area contributed by atoms with Crippen LogP contribution in [0.5, 0.6) is 0 Å². The molecule has 0 unspecified atom stereocenters. The minimum Gasteiger partial charge on any atom is -0.342 e. The van der Waals surface area contributed by atoms with Crippen molar-refractivity contribution in [3.05, 3.63) is 69.6 Å². The van der Waals surface area contributed by atoms with Gasteiger partial charge in [-0.1, -0.05) is 29.8 Å². The summed E-state index contributed by atoms with van der Waals surface area (Å²) in [5.41, 5.74) is 3.29. The number of H-pyrrole nitrogens is 1. The Morgan fingerprint density at radius 3 is 2.70 bits per heavy atom. The maximum atomic E-state index is 12.4. The fourth-order valence-electron chi connectivity index (χ4n) is 3.29. The van der Waals surface area contributed by atoms with Crippen LogP contribution < -0.4 is 5.56 Å². The lowest BCUT2D eigenvalue weighted by atomic mass is 9.90. The van der Waals surface area contributed by atoms with Crippen molar-refractivity contribution in [2.45, 2.75) is 32.1 Å². The van der Waals surface area contributed by atoms with E-state index in [0.29, 0.717) is 12.3 Å². The van der Waals surface area contributed by atoms with E-state index in [-0.39, 0.29) is 11.5 Å². The minimum absolute atomic E-state index is 0.0551. The second kappa shape index (κ2) is 6.82. The third-order valence-electron chi connectivity index (χ3n) is 4.56. The predicted molar refractivity (Wildman–Crippen MR) is 90.5 cm³/mol. The van der Waals surface area contributed by atoms with Crippen molar-refractivity contribution in [2.75, 3.05) is 13.1 Å². The minimum atomic E-state index is -0.0551. The van der Waals surface area contributed by atoms with Crippen molar-refractivity contribution in [1.82, 2.24) is 9.88 Å². The number of likely N-dealkylation sites (tertiary alicyclic amines) is 1. The zero-order valence-electron chi connectivity index (χ0n) is 13.4. The number of carbonyl (C=O) groups excluding carboxylic acids is 1. The first-order chi connectivity index (χ1) is 11.1. The highest BCUT2D eigenvalue weighted by Crippen LogP contribution is 2.27. The van der Waals surface area contributed by atoms with E-state index >= 15 is 0 Å². The van der Waals surface area contributed by atoms with E-state index < -0.39 is 0 Å². The van der Waals surface area contributed by atoms with Gasteiger partial charge >= 0.3 is 0 Å². The average Bonchev–Trinajstić information content (AvgIpc) is 2.55. The van der Waals surface area contributed by atoms with Gasteiger partial charge in [-0.25, -0.2) is 0 Å². The third-order valence-corrected chi connectivity index (χ3v) is 4.56. The molecule has 2 aromatic rings. The highest BCUT2D eigenvalue weighted by molar-refractivity contribution is 5.79. The molecule has 3 rings (SSSR count). The second-order valence-corrected chi connectivity index (χ2v) is 6.31. The predicted octanol–water partition coefficient (Wildman–Crippen LogP) is 2.63. The Balaban J connectivity index is 1.58. The number of benzene rings is 1. The Morgan fingerprint density at radius 2 is 2.00 bits per heavy atom. The number of aryl methyl sites for hydroxylation is 1. The summed E-state index contributed by atoms with van der Waals surface area (Å²) in [6, 6.07) is 11.8. The van der Waals surface area contributed by atoms with Gasteiger partial charge in [-0.05, 0) is 42.9 Å². The number of hydrogen-bond donors (Lipinski definition) is 1. The summed E-state index contributed by atoms with van der Waals surface area (Å²) in [4.78, 5) is 28.5. The van der Waals surface area contributed by atoms with Crippen LogP contribution in [0.25, 0.3) is 0 Å². The van der Waals surface area contributed by atoms with Crippen LogP contribution in [-0.4, -0.2) is 28.9 Å². The molecule has 1 fully saturated rings. The van der Waals surface area contributed by atoms with Gasteiger partial charge in [0.25, 0.3) is 0 Å². The smallest absolute Gasteiger partial charge is 0.248 e. The van der Waals surface area contributed by atoms with E-state index in [1.807, 2.05) is 36.1 Å². The van der Waals surface area contributed by atoms with Gasteiger partial charge < -0.3 is 9.88 Å². The quantitative estimate of drug-likeness (QED) is 0.947. The lowest BCUT2D eigenvalue weighted by molar-refractivity contribution is -0.131. The molecule has 1 aliphatic rings. The number of rotatable bonds is 3. The summed E-state index contributed by atoms with van der Waals surface area (Å²) >= 11 is 0. The second-order valence-electron chi connectivity index (χ2n) is 6.31. The molecule has 1 aliphatic heterocycles. The number of aromatic amines is 1. The van der Waals surface area contributed by atoms with E-state index in [4.69, 9.17) is 0 Å². The zero-order valence-corrected chi connectivity index (χ0v) is 13.4. The molecule has 0 aliphatic carbocycles. The summed E-state index contributed by atoms with van der Waals surface area (Å²) < 4.78 is 0. The van der Waals surface area contributed by atoms with Crippen LogP contribution in [0, 0.1) is 6.92 Å². The molecule has 0 bridgehead atoms. The number of pyridine rings is 1. The van der Waals surface area contributed by atoms with Gasteiger partial charge in [-0.2, -0.15) is 0 Å². The first-order valence-corrected chi connectivity index (χ1v) is 8.14. The van der Waals surface area contributed by atoms with E-state index in [1.54, 1.807) is 12.3 Å². The summed E-state index contributed by atoms with van der Waals surface area (Å²) in [5, 5.41) is 0. The highest BCUT2D eigenvalue weighted by atomic mass is 16.2. The van der Waals surface area contributed by atoms with Crippen LogP contribution in [0.1, 0.15) is 35.4 Å². The van der Waals surface area contributed by atoms with Gasteiger partial charge in [-0.3, -0.25) is 9.59 Å². The van der Waals surface area contributed by atoms with Crippen molar-refractivity contribution >= 4 is 5.91 Å². The normalized spacial score (nSPS) is 15.6. The Morgan fingerprint density at radius 1 is 1.22 bits per heavy atom. The average molecular weight is 310 g/mol. The molecule has 1 saturated heterocycles. The van der Waals surface area contributed by atoms with Gasteiger partial charge in [-0.15, -0.1) is 0 Å². The molecular formula is C19H22N2O2. The molecule has 23 heavy (non-hydrogen) atoms. The molecule has 0 atom stereocenters.